The van der Waals surface area contributed by atoms with Crippen molar-refractivity contribution in [1.82, 2.24) is 10.2 Å². The molecule has 0 aromatic carbocycles. The first kappa shape index (κ1) is 8.77. The lowest BCUT2D eigenvalue weighted by Gasteiger charge is -1.94. The lowest BCUT2D eigenvalue weighted by Crippen LogP contribution is -2.09. The topological polar surface area (TPSA) is 71.8 Å². The summed E-state index contributed by atoms with van der Waals surface area (Å²) in [5.74, 6) is -0.245. The van der Waals surface area contributed by atoms with E-state index in [0.29, 0.717) is 6.42 Å². The Kier molecular flexibility index (Phi) is 3.32. The molecule has 12 heavy (non-hydrogen) atoms. The van der Waals surface area contributed by atoms with Crippen molar-refractivity contribution in [3.63, 3.8) is 0 Å². The number of H-pyrrole nitrogens is 1. The molecule has 1 rings (SSSR count). The molecule has 65 valence electrons. The van der Waals surface area contributed by atoms with Gasteiger partial charge in [-0.05, 0) is 18.9 Å². The first-order valence-electron chi connectivity index (χ1n) is 3.90. The molecule has 0 aliphatic rings. The number of carbonyl (C=O) groups is 1. The molecule has 0 spiro atoms. The number of aromatic nitrogens is 2. The number of hydrogen-bond donors (Lipinski definition) is 2. The molecule has 1 heterocycles. The Bertz CT molecular complexity index is 230. The van der Waals surface area contributed by atoms with Crippen LogP contribution < -0.4 is 5.73 Å². The highest BCUT2D eigenvalue weighted by Gasteiger charge is 1.97. The van der Waals surface area contributed by atoms with Gasteiger partial charge in [-0.2, -0.15) is 5.10 Å². The van der Waals surface area contributed by atoms with Crippen LogP contribution in [0.3, 0.4) is 0 Å². The molecule has 0 bridgehead atoms. The van der Waals surface area contributed by atoms with Crippen LogP contribution in [0.4, 0.5) is 0 Å². The Labute approximate surface area is 71.2 Å². The summed E-state index contributed by atoms with van der Waals surface area (Å²) in [7, 11) is 0. The van der Waals surface area contributed by atoms with E-state index in [9.17, 15) is 4.79 Å². The number of carbonyl (C=O) groups excluding carboxylic acids is 1. The summed E-state index contributed by atoms with van der Waals surface area (Å²) >= 11 is 0. The molecule has 1 amide bonds. The summed E-state index contributed by atoms with van der Waals surface area (Å²) < 4.78 is 0. The Hall–Kier alpha value is -1.32. The Balaban J connectivity index is 2.07. The zero-order valence-electron chi connectivity index (χ0n) is 6.79. The normalized spacial score (nSPS) is 10.0. The largest absolute Gasteiger partial charge is 0.370 e. The lowest BCUT2D eigenvalue weighted by atomic mass is 10.1. The van der Waals surface area contributed by atoms with Crippen molar-refractivity contribution in [3.05, 3.63) is 24.4 Å². The molecular formula is C8H12N3O. The zero-order chi connectivity index (χ0) is 8.81. The average molecular weight is 166 g/mol. The minimum absolute atomic E-state index is 0.245. The van der Waals surface area contributed by atoms with Crippen LogP contribution in [0.5, 0.6) is 0 Å². The molecule has 0 aliphatic heterocycles. The fourth-order valence-corrected chi connectivity index (χ4v) is 0.912. The standard InChI is InChI=1S/C8H12N3O/c9-8(12)4-2-1-3-7-5-6-10-11-7/h3,5-6H,1-2,4H2,(H2,9,12)(H,10,11). The van der Waals surface area contributed by atoms with E-state index in [4.69, 9.17) is 5.73 Å². The molecule has 4 nitrogen and oxygen atoms in total. The highest BCUT2D eigenvalue weighted by atomic mass is 16.1. The molecule has 4 heteroatoms. The van der Waals surface area contributed by atoms with E-state index in [1.54, 1.807) is 6.20 Å². The van der Waals surface area contributed by atoms with Crippen LogP contribution in [-0.2, 0) is 4.79 Å². The summed E-state index contributed by atoms with van der Waals surface area (Å²) in [6, 6.07) is 1.88. The van der Waals surface area contributed by atoms with Crippen molar-refractivity contribution in [3.8, 4) is 0 Å². The van der Waals surface area contributed by atoms with Crippen molar-refractivity contribution < 1.29 is 4.79 Å². The first-order valence-corrected chi connectivity index (χ1v) is 3.90. The average Bonchev–Trinajstić information content (AvgIpc) is 2.49. The van der Waals surface area contributed by atoms with Crippen molar-refractivity contribution in [1.29, 1.82) is 0 Å². The molecule has 1 aromatic heterocycles. The van der Waals surface area contributed by atoms with E-state index in [-0.39, 0.29) is 5.91 Å². The van der Waals surface area contributed by atoms with Gasteiger partial charge in [0, 0.05) is 19.0 Å². The van der Waals surface area contributed by atoms with E-state index >= 15 is 0 Å². The van der Waals surface area contributed by atoms with Crippen LogP contribution >= 0.6 is 0 Å². The maximum Gasteiger partial charge on any atom is 0.217 e. The molecule has 0 atom stereocenters. The van der Waals surface area contributed by atoms with Gasteiger partial charge >= 0.3 is 0 Å². The van der Waals surface area contributed by atoms with E-state index < -0.39 is 0 Å². The first-order chi connectivity index (χ1) is 5.79. The number of nitrogens with zero attached hydrogens (tertiary/aromatic N) is 1. The van der Waals surface area contributed by atoms with Gasteiger partial charge < -0.3 is 5.73 Å². The molecule has 0 saturated carbocycles. The van der Waals surface area contributed by atoms with Crippen LogP contribution in [-0.4, -0.2) is 16.1 Å². The third-order valence-electron chi connectivity index (χ3n) is 1.50. The molecule has 0 saturated heterocycles. The molecule has 0 aliphatic carbocycles. The third-order valence-corrected chi connectivity index (χ3v) is 1.50. The molecule has 0 unspecified atom stereocenters. The number of hydrogen-bond acceptors (Lipinski definition) is 2. The summed E-state index contributed by atoms with van der Waals surface area (Å²) in [6.07, 6.45) is 5.82. The second-order valence-electron chi connectivity index (χ2n) is 2.56. The maximum absolute atomic E-state index is 10.3. The van der Waals surface area contributed by atoms with E-state index in [0.717, 1.165) is 18.5 Å². The molecule has 1 aromatic rings. The Morgan fingerprint density at radius 3 is 3.17 bits per heavy atom. The van der Waals surface area contributed by atoms with Crippen LogP contribution in [0.2, 0.25) is 0 Å². The highest BCUT2D eigenvalue weighted by molar-refractivity contribution is 5.73. The van der Waals surface area contributed by atoms with E-state index in [1.807, 2.05) is 12.5 Å². The van der Waals surface area contributed by atoms with Gasteiger partial charge in [-0.25, -0.2) is 0 Å². The third kappa shape index (κ3) is 3.18. The van der Waals surface area contributed by atoms with Crippen molar-refractivity contribution >= 4 is 5.91 Å². The number of amides is 1. The zero-order valence-corrected chi connectivity index (χ0v) is 6.79. The van der Waals surface area contributed by atoms with Crippen molar-refractivity contribution in [2.75, 3.05) is 0 Å². The van der Waals surface area contributed by atoms with Crippen LogP contribution in [0, 0.1) is 6.42 Å². The predicted octanol–water partition coefficient (Wildman–Crippen LogP) is 0.618. The summed E-state index contributed by atoms with van der Waals surface area (Å²) in [4.78, 5) is 10.3. The number of rotatable bonds is 5. The van der Waals surface area contributed by atoms with E-state index in [1.165, 1.54) is 0 Å². The van der Waals surface area contributed by atoms with Gasteiger partial charge in [0.05, 0.1) is 5.69 Å². The summed E-state index contributed by atoms with van der Waals surface area (Å²) in [5.41, 5.74) is 5.89. The van der Waals surface area contributed by atoms with E-state index in [2.05, 4.69) is 10.2 Å². The molecule has 0 fully saturated rings. The summed E-state index contributed by atoms with van der Waals surface area (Å²) in [5, 5.41) is 6.64. The molecule has 3 N–H and O–H groups in total. The number of aromatic amines is 1. The Morgan fingerprint density at radius 2 is 2.58 bits per heavy atom. The van der Waals surface area contributed by atoms with Gasteiger partial charge in [0.25, 0.3) is 0 Å². The van der Waals surface area contributed by atoms with Gasteiger partial charge in [0.15, 0.2) is 0 Å². The van der Waals surface area contributed by atoms with Gasteiger partial charge in [-0.1, -0.05) is 0 Å². The van der Waals surface area contributed by atoms with Crippen molar-refractivity contribution in [2.24, 2.45) is 5.73 Å². The smallest absolute Gasteiger partial charge is 0.217 e. The lowest BCUT2D eigenvalue weighted by molar-refractivity contribution is -0.118. The second-order valence-corrected chi connectivity index (χ2v) is 2.56. The minimum atomic E-state index is -0.245. The molecular weight excluding hydrogens is 154 g/mol. The molecule has 1 radical (unpaired) electrons. The van der Waals surface area contributed by atoms with Gasteiger partial charge in [-0.3, -0.25) is 9.89 Å². The fraction of sp³-hybridized carbons (Fsp3) is 0.375. The van der Waals surface area contributed by atoms with Crippen LogP contribution in [0.1, 0.15) is 25.0 Å². The van der Waals surface area contributed by atoms with Crippen LogP contribution in [0.15, 0.2) is 12.3 Å². The van der Waals surface area contributed by atoms with Gasteiger partial charge in [-0.15, -0.1) is 0 Å². The van der Waals surface area contributed by atoms with Gasteiger partial charge in [0.2, 0.25) is 5.91 Å². The maximum atomic E-state index is 10.3. The second kappa shape index (κ2) is 4.54. The summed E-state index contributed by atoms with van der Waals surface area (Å²) in [6.45, 7) is 0. The number of primary amides is 1. The van der Waals surface area contributed by atoms with Gasteiger partial charge in [0.1, 0.15) is 0 Å². The highest BCUT2D eigenvalue weighted by Crippen LogP contribution is 2.04. The SMILES string of the molecule is NC(=O)CCC[CH]c1cc[nH]n1. The fourth-order valence-electron chi connectivity index (χ4n) is 0.912. The minimum Gasteiger partial charge on any atom is -0.370 e. The van der Waals surface area contributed by atoms with Crippen LogP contribution in [0.25, 0.3) is 0 Å². The number of unbranched alkanes of at least 4 members (excludes halogenated alkanes) is 1. The predicted molar refractivity (Wildman–Crippen MR) is 45.0 cm³/mol. The Morgan fingerprint density at radius 1 is 1.75 bits per heavy atom. The van der Waals surface area contributed by atoms with Crippen molar-refractivity contribution in [2.45, 2.75) is 19.3 Å². The number of nitrogens with one attached hydrogen (secondary N) is 1. The number of nitrogens with two attached hydrogens (primary N) is 1. The monoisotopic (exact) mass is 166 g/mol. The quantitative estimate of drug-likeness (QED) is 0.629.